The van der Waals surface area contributed by atoms with Gasteiger partial charge in [-0.2, -0.15) is 0 Å². The third kappa shape index (κ3) is 4.73. The second-order valence-corrected chi connectivity index (χ2v) is 6.42. The Balaban J connectivity index is 2.68. The zero-order valence-electron chi connectivity index (χ0n) is 10.0. The Hall–Kier alpha value is -0.950. The molecule has 0 aliphatic rings. The Morgan fingerprint density at radius 3 is 2.72 bits per heavy atom. The van der Waals surface area contributed by atoms with Crippen molar-refractivity contribution in [2.75, 3.05) is 0 Å². The molecule has 0 unspecified atom stereocenters. The number of carbonyl (C=O) groups is 1. The highest BCUT2D eigenvalue weighted by molar-refractivity contribution is 9.10. The maximum Gasteiger partial charge on any atom is 0.265 e. The SMILES string of the molecule is CCCCCC(=O)NS(=O)(=O)c1cncc(Br)c1. The highest BCUT2D eigenvalue weighted by Crippen LogP contribution is 2.14. The van der Waals surface area contributed by atoms with Crippen LogP contribution in [0.3, 0.4) is 0 Å². The van der Waals surface area contributed by atoms with Crippen LogP contribution in [0.1, 0.15) is 32.6 Å². The predicted molar refractivity (Wildman–Crippen MR) is 71.4 cm³/mol. The molecule has 1 aromatic rings. The largest absolute Gasteiger partial charge is 0.274 e. The average Bonchev–Trinajstić information content (AvgIpc) is 2.28. The van der Waals surface area contributed by atoms with Gasteiger partial charge in [0.2, 0.25) is 5.91 Å². The van der Waals surface area contributed by atoms with Crippen LogP contribution in [-0.2, 0) is 14.8 Å². The van der Waals surface area contributed by atoms with Gasteiger partial charge in [0.1, 0.15) is 4.90 Å². The van der Waals surface area contributed by atoms with Crippen LogP contribution in [0, 0.1) is 0 Å². The van der Waals surface area contributed by atoms with Crippen molar-refractivity contribution in [2.24, 2.45) is 0 Å². The highest BCUT2D eigenvalue weighted by atomic mass is 79.9. The molecule has 0 aliphatic heterocycles. The smallest absolute Gasteiger partial charge is 0.265 e. The van der Waals surface area contributed by atoms with Crippen molar-refractivity contribution in [2.45, 2.75) is 37.5 Å². The van der Waals surface area contributed by atoms with Gasteiger partial charge in [-0.1, -0.05) is 19.8 Å². The number of hydrogen-bond acceptors (Lipinski definition) is 4. The number of carbonyl (C=O) groups excluding carboxylic acids is 1. The highest BCUT2D eigenvalue weighted by Gasteiger charge is 2.17. The lowest BCUT2D eigenvalue weighted by atomic mass is 10.2. The van der Waals surface area contributed by atoms with Crippen LogP contribution >= 0.6 is 15.9 Å². The van der Waals surface area contributed by atoms with Crippen molar-refractivity contribution in [1.29, 1.82) is 0 Å². The lowest BCUT2D eigenvalue weighted by Crippen LogP contribution is -2.30. The van der Waals surface area contributed by atoms with Crippen molar-refractivity contribution in [1.82, 2.24) is 9.71 Å². The fourth-order valence-corrected chi connectivity index (χ4v) is 2.85. The molecule has 0 saturated carbocycles. The molecule has 18 heavy (non-hydrogen) atoms. The first kappa shape index (κ1) is 15.1. The lowest BCUT2D eigenvalue weighted by molar-refractivity contribution is -0.119. The number of rotatable bonds is 6. The third-order valence-corrected chi connectivity index (χ3v) is 4.02. The van der Waals surface area contributed by atoms with Gasteiger partial charge in [0, 0.05) is 23.3 Å². The molecule has 1 N–H and O–H groups in total. The molecule has 100 valence electrons. The Bertz CT molecular complexity index is 517. The monoisotopic (exact) mass is 334 g/mol. The van der Waals surface area contributed by atoms with Crippen molar-refractivity contribution in [3.05, 3.63) is 22.9 Å². The van der Waals surface area contributed by atoms with Crippen LogP contribution in [0.15, 0.2) is 27.8 Å². The number of halogens is 1. The summed E-state index contributed by atoms with van der Waals surface area (Å²) in [7, 11) is -3.81. The number of nitrogens with zero attached hydrogens (tertiary/aromatic N) is 1. The van der Waals surface area contributed by atoms with E-state index in [9.17, 15) is 13.2 Å². The number of amides is 1. The minimum atomic E-state index is -3.81. The van der Waals surface area contributed by atoms with Crippen LogP contribution in [0.25, 0.3) is 0 Å². The van der Waals surface area contributed by atoms with E-state index in [1.807, 2.05) is 11.6 Å². The lowest BCUT2D eigenvalue weighted by Gasteiger charge is -2.06. The molecule has 1 amide bonds. The molecule has 0 radical (unpaired) electrons. The van der Waals surface area contributed by atoms with Crippen molar-refractivity contribution in [3.8, 4) is 0 Å². The molecular formula is C11H15BrN2O3S. The number of sulfonamides is 1. The van der Waals surface area contributed by atoms with Crippen molar-refractivity contribution >= 4 is 31.9 Å². The second kappa shape index (κ2) is 6.84. The van der Waals surface area contributed by atoms with Gasteiger partial charge in [-0.05, 0) is 28.4 Å². The number of unbranched alkanes of at least 4 members (excludes halogenated alkanes) is 2. The zero-order valence-corrected chi connectivity index (χ0v) is 12.4. The fraction of sp³-hybridized carbons (Fsp3) is 0.455. The van der Waals surface area contributed by atoms with Gasteiger partial charge in [-0.15, -0.1) is 0 Å². The molecule has 7 heteroatoms. The molecule has 0 saturated heterocycles. The molecule has 0 aromatic carbocycles. The third-order valence-electron chi connectivity index (χ3n) is 2.25. The van der Waals surface area contributed by atoms with E-state index < -0.39 is 15.9 Å². The first-order chi connectivity index (χ1) is 8.45. The Kier molecular flexibility index (Phi) is 5.74. The summed E-state index contributed by atoms with van der Waals surface area (Å²) in [6.45, 7) is 2.02. The predicted octanol–water partition coefficient (Wildman–Crippen LogP) is 2.23. The molecule has 1 rings (SSSR count). The van der Waals surface area contributed by atoms with E-state index in [2.05, 4.69) is 20.9 Å². The summed E-state index contributed by atoms with van der Waals surface area (Å²) in [4.78, 5) is 15.2. The first-order valence-electron chi connectivity index (χ1n) is 5.62. The van der Waals surface area contributed by atoms with Crippen LogP contribution in [0.4, 0.5) is 0 Å². The maximum absolute atomic E-state index is 11.8. The van der Waals surface area contributed by atoms with Crippen LogP contribution in [0.5, 0.6) is 0 Å². The topological polar surface area (TPSA) is 76.1 Å². The van der Waals surface area contributed by atoms with E-state index in [0.29, 0.717) is 10.9 Å². The van der Waals surface area contributed by atoms with E-state index >= 15 is 0 Å². The Morgan fingerprint density at radius 2 is 2.11 bits per heavy atom. The number of pyridine rings is 1. The number of hydrogen-bond donors (Lipinski definition) is 1. The molecule has 1 heterocycles. The van der Waals surface area contributed by atoms with Gasteiger partial charge < -0.3 is 0 Å². The zero-order chi connectivity index (χ0) is 13.6. The molecular weight excluding hydrogens is 320 g/mol. The van der Waals surface area contributed by atoms with Gasteiger partial charge >= 0.3 is 0 Å². The molecule has 0 bridgehead atoms. The summed E-state index contributed by atoms with van der Waals surface area (Å²) in [5.74, 6) is -0.483. The van der Waals surface area contributed by atoms with E-state index in [-0.39, 0.29) is 11.3 Å². The summed E-state index contributed by atoms with van der Waals surface area (Å²) in [5.41, 5.74) is 0. The Labute approximate surface area is 115 Å². The summed E-state index contributed by atoms with van der Waals surface area (Å²) >= 11 is 3.13. The quantitative estimate of drug-likeness (QED) is 0.809. The minimum Gasteiger partial charge on any atom is -0.274 e. The average molecular weight is 335 g/mol. The standard InChI is InChI=1S/C11H15BrN2O3S/c1-2-3-4-5-11(15)14-18(16,17)10-6-9(12)7-13-8-10/h6-8H,2-5H2,1H3,(H,14,15). The second-order valence-electron chi connectivity index (χ2n) is 3.82. The molecule has 0 aliphatic carbocycles. The van der Waals surface area contributed by atoms with Crippen LogP contribution in [-0.4, -0.2) is 19.3 Å². The maximum atomic E-state index is 11.8. The van der Waals surface area contributed by atoms with Crippen LogP contribution in [0.2, 0.25) is 0 Å². The van der Waals surface area contributed by atoms with Crippen molar-refractivity contribution in [3.63, 3.8) is 0 Å². The summed E-state index contributed by atoms with van der Waals surface area (Å²) in [6, 6.07) is 1.40. The normalized spacial score (nSPS) is 11.2. The summed E-state index contributed by atoms with van der Waals surface area (Å²) < 4.78 is 26.2. The van der Waals surface area contributed by atoms with Gasteiger partial charge in [-0.3, -0.25) is 9.78 Å². The molecule has 0 fully saturated rings. The molecule has 0 spiro atoms. The number of nitrogens with one attached hydrogen (secondary N) is 1. The van der Waals surface area contributed by atoms with Crippen molar-refractivity contribution < 1.29 is 13.2 Å². The van der Waals surface area contributed by atoms with Gasteiger partial charge in [0.15, 0.2) is 0 Å². The van der Waals surface area contributed by atoms with E-state index in [1.165, 1.54) is 18.5 Å². The molecule has 5 nitrogen and oxygen atoms in total. The van der Waals surface area contributed by atoms with E-state index in [4.69, 9.17) is 0 Å². The van der Waals surface area contributed by atoms with E-state index in [1.54, 1.807) is 0 Å². The minimum absolute atomic E-state index is 0.0271. The van der Waals surface area contributed by atoms with Gasteiger partial charge in [-0.25, -0.2) is 13.1 Å². The Morgan fingerprint density at radius 1 is 1.39 bits per heavy atom. The summed E-state index contributed by atoms with van der Waals surface area (Å²) in [6.07, 6.45) is 5.47. The summed E-state index contributed by atoms with van der Waals surface area (Å²) in [5, 5.41) is 0. The number of aromatic nitrogens is 1. The first-order valence-corrected chi connectivity index (χ1v) is 7.89. The van der Waals surface area contributed by atoms with Gasteiger partial charge in [0.05, 0.1) is 0 Å². The van der Waals surface area contributed by atoms with E-state index in [0.717, 1.165) is 12.8 Å². The van der Waals surface area contributed by atoms with Gasteiger partial charge in [0.25, 0.3) is 10.0 Å². The molecule has 1 aromatic heterocycles. The molecule has 0 atom stereocenters. The fourth-order valence-electron chi connectivity index (χ4n) is 1.33. The van der Waals surface area contributed by atoms with Crippen LogP contribution < -0.4 is 4.72 Å².